The molecule has 1 aliphatic rings. The van der Waals surface area contributed by atoms with Gasteiger partial charge in [-0.3, -0.25) is 0 Å². The first-order valence-electron chi connectivity index (χ1n) is 9.25. The molecule has 0 radical (unpaired) electrons. The van der Waals surface area contributed by atoms with Crippen molar-refractivity contribution in [2.75, 3.05) is 26.3 Å². The Bertz CT molecular complexity index is 642. The smallest absolute Gasteiger partial charge is 0.108 e. The van der Waals surface area contributed by atoms with E-state index in [0.29, 0.717) is 16.6 Å². The van der Waals surface area contributed by atoms with E-state index in [4.69, 9.17) is 32.7 Å². The van der Waals surface area contributed by atoms with Gasteiger partial charge in [-0.05, 0) is 48.2 Å². The summed E-state index contributed by atoms with van der Waals surface area (Å²) < 4.78 is 11.6. The molecule has 2 aromatic rings. The molecule has 1 fully saturated rings. The number of hydrogen-bond donors (Lipinski definition) is 2. The van der Waals surface area contributed by atoms with Crippen molar-refractivity contribution in [3.63, 3.8) is 0 Å². The van der Waals surface area contributed by atoms with E-state index in [0.717, 1.165) is 37.1 Å². The molecule has 6 heteroatoms. The van der Waals surface area contributed by atoms with E-state index in [1.165, 1.54) is 0 Å². The molecular formula is C21H25Cl2NO3. The first-order valence-corrected chi connectivity index (χ1v) is 10.0. The lowest BCUT2D eigenvalue weighted by Gasteiger charge is -2.22. The predicted molar refractivity (Wildman–Crippen MR) is 109 cm³/mol. The molecule has 2 aromatic carbocycles. The van der Waals surface area contributed by atoms with Crippen molar-refractivity contribution in [1.29, 1.82) is 0 Å². The summed E-state index contributed by atoms with van der Waals surface area (Å²) in [6.07, 6.45) is 1.55. The Labute approximate surface area is 170 Å². The van der Waals surface area contributed by atoms with E-state index in [2.05, 4.69) is 5.32 Å². The third kappa shape index (κ3) is 6.46. The van der Waals surface area contributed by atoms with Crippen molar-refractivity contribution in [1.82, 2.24) is 5.32 Å². The van der Waals surface area contributed by atoms with Gasteiger partial charge in [-0.1, -0.05) is 47.5 Å². The maximum Gasteiger partial charge on any atom is 0.108 e. The highest BCUT2D eigenvalue weighted by molar-refractivity contribution is 6.30. The maximum absolute atomic E-state index is 10.3. The highest BCUT2D eigenvalue weighted by Crippen LogP contribution is 2.28. The average molecular weight is 410 g/mol. The molecule has 0 bridgehead atoms. The molecule has 1 heterocycles. The minimum atomic E-state index is -0.603. The van der Waals surface area contributed by atoms with Gasteiger partial charge in [-0.25, -0.2) is 0 Å². The van der Waals surface area contributed by atoms with Crippen LogP contribution in [0, 0.1) is 0 Å². The zero-order valence-electron chi connectivity index (χ0n) is 15.1. The van der Waals surface area contributed by atoms with Crippen LogP contribution in [0.1, 0.15) is 30.1 Å². The highest BCUT2D eigenvalue weighted by Gasteiger charge is 2.18. The van der Waals surface area contributed by atoms with E-state index in [-0.39, 0.29) is 18.8 Å². The van der Waals surface area contributed by atoms with Gasteiger partial charge in [0.1, 0.15) is 6.10 Å². The van der Waals surface area contributed by atoms with Crippen molar-refractivity contribution in [3.8, 4) is 0 Å². The van der Waals surface area contributed by atoms with Gasteiger partial charge in [-0.2, -0.15) is 0 Å². The van der Waals surface area contributed by atoms with E-state index in [1.807, 2.05) is 48.5 Å². The van der Waals surface area contributed by atoms with Crippen LogP contribution in [0.4, 0.5) is 0 Å². The second-order valence-corrected chi connectivity index (χ2v) is 7.64. The van der Waals surface area contributed by atoms with E-state index >= 15 is 0 Å². The Morgan fingerprint density at radius 3 is 2.15 bits per heavy atom. The van der Waals surface area contributed by atoms with Crippen LogP contribution in [0.2, 0.25) is 10.0 Å². The second kappa shape index (κ2) is 10.4. The normalized spacial score (nSPS) is 18.1. The molecule has 0 aromatic heterocycles. The topological polar surface area (TPSA) is 50.7 Å². The summed E-state index contributed by atoms with van der Waals surface area (Å²) in [6.45, 7) is 2.28. The molecule has 0 amide bonds. The van der Waals surface area contributed by atoms with Crippen LogP contribution in [-0.2, 0) is 9.47 Å². The SMILES string of the molecule is OC(CNCC1CCCO1)COC(c1ccc(Cl)cc1)c1ccc(Cl)cc1. The summed E-state index contributed by atoms with van der Waals surface area (Å²) >= 11 is 12.0. The highest BCUT2D eigenvalue weighted by atomic mass is 35.5. The summed E-state index contributed by atoms with van der Waals surface area (Å²) in [5.74, 6) is 0. The lowest BCUT2D eigenvalue weighted by molar-refractivity contribution is 0.00518. The van der Waals surface area contributed by atoms with Gasteiger partial charge < -0.3 is 19.9 Å². The van der Waals surface area contributed by atoms with E-state index in [1.54, 1.807) is 0 Å². The van der Waals surface area contributed by atoms with Crippen LogP contribution >= 0.6 is 23.2 Å². The van der Waals surface area contributed by atoms with Crippen molar-refractivity contribution < 1.29 is 14.6 Å². The fourth-order valence-corrected chi connectivity index (χ4v) is 3.39. The molecule has 2 unspecified atom stereocenters. The molecule has 1 aliphatic heterocycles. The summed E-state index contributed by atoms with van der Waals surface area (Å²) in [7, 11) is 0. The van der Waals surface area contributed by atoms with Crippen molar-refractivity contribution in [3.05, 3.63) is 69.7 Å². The maximum atomic E-state index is 10.3. The largest absolute Gasteiger partial charge is 0.389 e. The Hall–Kier alpha value is -1.14. The average Bonchev–Trinajstić information content (AvgIpc) is 3.18. The van der Waals surface area contributed by atoms with Gasteiger partial charge >= 0.3 is 0 Å². The fourth-order valence-electron chi connectivity index (χ4n) is 3.14. The number of aliphatic hydroxyl groups excluding tert-OH is 1. The van der Waals surface area contributed by atoms with Crippen LogP contribution < -0.4 is 5.32 Å². The summed E-state index contributed by atoms with van der Waals surface area (Å²) in [5.41, 5.74) is 1.95. The monoisotopic (exact) mass is 409 g/mol. The number of ether oxygens (including phenoxy) is 2. The third-order valence-electron chi connectivity index (χ3n) is 4.58. The van der Waals surface area contributed by atoms with E-state index < -0.39 is 6.10 Å². The summed E-state index contributed by atoms with van der Waals surface area (Å²) in [6, 6.07) is 15.1. The quantitative estimate of drug-likeness (QED) is 0.650. The molecule has 0 saturated carbocycles. The third-order valence-corrected chi connectivity index (χ3v) is 5.08. The number of hydrogen-bond acceptors (Lipinski definition) is 4. The Kier molecular flexibility index (Phi) is 7.94. The summed E-state index contributed by atoms with van der Waals surface area (Å²) in [5, 5.41) is 14.9. The Morgan fingerprint density at radius 1 is 1.04 bits per heavy atom. The molecule has 27 heavy (non-hydrogen) atoms. The lowest BCUT2D eigenvalue weighted by Crippen LogP contribution is -2.35. The minimum absolute atomic E-state index is 0.217. The molecule has 3 rings (SSSR count). The number of halogens is 2. The van der Waals surface area contributed by atoms with Gasteiger partial charge in [0.15, 0.2) is 0 Å². The van der Waals surface area contributed by atoms with Crippen LogP contribution in [-0.4, -0.2) is 43.6 Å². The van der Waals surface area contributed by atoms with Crippen molar-refractivity contribution in [2.45, 2.75) is 31.2 Å². The van der Waals surface area contributed by atoms with Crippen LogP contribution in [0.15, 0.2) is 48.5 Å². The first-order chi connectivity index (χ1) is 13.1. The minimum Gasteiger partial charge on any atom is -0.389 e. The number of aliphatic hydroxyl groups is 1. The number of rotatable bonds is 9. The standard InChI is InChI=1S/C21H25Cl2NO3/c22-17-7-3-15(4-8-17)21(16-5-9-18(23)10-6-16)27-14-19(25)12-24-13-20-2-1-11-26-20/h3-10,19-21,24-25H,1-2,11-14H2. The van der Waals surface area contributed by atoms with Crippen molar-refractivity contribution in [2.24, 2.45) is 0 Å². The van der Waals surface area contributed by atoms with Gasteiger partial charge in [0.2, 0.25) is 0 Å². The van der Waals surface area contributed by atoms with Gasteiger partial charge in [0.05, 0.1) is 18.8 Å². The molecule has 146 valence electrons. The zero-order valence-corrected chi connectivity index (χ0v) is 16.6. The molecule has 4 nitrogen and oxygen atoms in total. The van der Waals surface area contributed by atoms with Gasteiger partial charge in [0, 0.05) is 29.7 Å². The predicted octanol–water partition coefficient (Wildman–Crippen LogP) is 4.23. The van der Waals surface area contributed by atoms with Crippen molar-refractivity contribution >= 4 is 23.2 Å². The molecule has 1 saturated heterocycles. The fraction of sp³-hybridized carbons (Fsp3) is 0.429. The summed E-state index contributed by atoms with van der Waals surface area (Å²) in [4.78, 5) is 0. The van der Waals surface area contributed by atoms with Crippen LogP contribution in [0.5, 0.6) is 0 Å². The first kappa shape index (κ1) is 20.6. The lowest BCUT2D eigenvalue weighted by atomic mass is 10.0. The second-order valence-electron chi connectivity index (χ2n) is 6.76. The Morgan fingerprint density at radius 2 is 1.63 bits per heavy atom. The number of benzene rings is 2. The zero-order chi connectivity index (χ0) is 19.1. The molecular weight excluding hydrogens is 385 g/mol. The molecule has 0 spiro atoms. The molecule has 2 atom stereocenters. The Balaban J connectivity index is 1.57. The van der Waals surface area contributed by atoms with Crippen LogP contribution in [0.25, 0.3) is 0 Å². The van der Waals surface area contributed by atoms with E-state index in [9.17, 15) is 5.11 Å². The van der Waals surface area contributed by atoms with Gasteiger partial charge in [0.25, 0.3) is 0 Å². The molecule has 2 N–H and O–H groups in total. The van der Waals surface area contributed by atoms with Gasteiger partial charge in [-0.15, -0.1) is 0 Å². The number of nitrogens with one attached hydrogen (secondary N) is 1. The van der Waals surface area contributed by atoms with Crippen LogP contribution in [0.3, 0.4) is 0 Å². The molecule has 0 aliphatic carbocycles.